The summed E-state index contributed by atoms with van der Waals surface area (Å²) in [5.74, 6) is 0.852. The van der Waals surface area contributed by atoms with Crippen molar-refractivity contribution in [3.8, 4) is 5.75 Å². The molecule has 1 saturated heterocycles. The second-order valence-corrected chi connectivity index (χ2v) is 9.89. The van der Waals surface area contributed by atoms with E-state index in [1.165, 1.54) is 12.1 Å². The Morgan fingerprint density at radius 3 is 2.39 bits per heavy atom. The number of carbonyl (C=O) groups excluding carboxylic acids is 2. The monoisotopic (exact) mass is 518 g/mol. The molecule has 0 atom stereocenters. The highest BCUT2D eigenvalue weighted by molar-refractivity contribution is 6.02. The quantitative estimate of drug-likeness (QED) is 0.405. The van der Waals surface area contributed by atoms with Crippen LogP contribution in [-0.4, -0.2) is 56.0 Å². The molecule has 1 aliphatic heterocycles. The van der Waals surface area contributed by atoms with Gasteiger partial charge in [0, 0.05) is 49.2 Å². The Bertz CT molecular complexity index is 1250. The summed E-state index contributed by atoms with van der Waals surface area (Å²) in [6.45, 7) is 2.31. The molecule has 0 spiro atoms. The van der Waals surface area contributed by atoms with Crippen molar-refractivity contribution in [2.24, 2.45) is 5.92 Å². The van der Waals surface area contributed by atoms with Crippen molar-refractivity contribution in [2.45, 2.75) is 25.8 Å². The van der Waals surface area contributed by atoms with Gasteiger partial charge in [-0.2, -0.15) is 0 Å². The molecule has 38 heavy (non-hydrogen) atoms. The number of piperidine rings is 1. The van der Waals surface area contributed by atoms with Crippen LogP contribution in [0.2, 0.25) is 0 Å². The fraction of sp³-hybridized carbons (Fsp3) is 0.333. The lowest BCUT2D eigenvalue weighted by Crippen LogP contribution is -2.35. The highest BCUT2D eigenvalue weighted by Gasteiger charge is 2.24. The van der Waals surface area contributed by atoms with Gasteiger partial charge in [0.2, 0.25) is 0 Å². The summed E-state index contributed by atoms with van der Waals surface area (Å²) >= 11 is 0. The molecule has 3 aromatic rings. The number of rotatable bonds is 8. The number of urea groups is 1. The van der Waals surface area contributed by atoms with Gasteiger partial charge in [0.05, 0.1) is 7.11 Å². The molecule has 8 heteroatoms. The Labute approximate surface area is 223 Å². The number of likely N-dealkylation sites (tertiary alicyclic amines) is 1. The molecular weight excluding hydrogens is 483 g/mol. The summed E-state index contributed by atoms with van der Waals surface area (Å²) in [5.41, 5.74) is 3.73. The first kappa shape index (κ1) is 27.1. The third-order valence-corrected chi connectivity index (χ3v) is 6.91. The molecule has 7 nitrogen and oxygen atoms in total. The smallest absolute Gasteiger partial charge is 0.323 e. The molecule has 4 rings (SSSR count). The Kier molecular flexibility index (Phi) is 8.97. The number of nitrogens with one attached hydrogen (secondary N) is 2. The predicted molar refractivity (Wildman–Crippen MR) is 148 cm³/mol. The molecule has 1 aliphatic rings. The van der Waals surface area contributed by atoms with E-state index in [1.54, 1.807) is 56.4 Å². The molecule has 0 aliphatic carbocycles. The molecular formula is C30H35FN4O3. The number of halogens is 1. The van der Waals surface area contributed by atoms with E-state index in [0.29, 0.717) is 35.2 Å². The molecule has 0 unspecified atom stereocenters. The fourth-order valence-corrected chi connectivity index (χ4v) is 4.83. The normalized spacial score (nSPS) is 14.1. The number of hydrogen-bond donors (Lipinski definition) is 2. The maximum Gasteiger partial charge on any atom is 0.323 e. The van der Waals surface area contributed by atoms with E-state index in [9.17, 15) is 14.0 Å². The first-order valence-corrected chi connectivity index (χ1v) is 12.8. The van der Waals surface area contributed by atoms with Crippen molar-refractivity contribution in [1.82, 2.24) is 9.80 Å². The molecule has 200 valence electrons. The van der Waals surface area contributed by atoms with E-state index < -0.39 is 6.03 Å². The van der Waals surface area contributed by atoms with Gasteiger partial charge in [0.1, 0.15) is 11.6 Å². The van der Waals surface area contributed by atoms with Crippen LogP contribution in [0.5, 0.6) is 5.75 Å². The number of benzene rings is 3. The molecule has 0 aromatic heterocycles. The van der Waals surface area contributed by atoms with Crippen molar-refractivity contribution in [2.75, 3.05) is 44.9 Å². The molecule has 0 radical (unpaired) electrons. The summed E-state index contributed by atoms with van der Waals surface area (Å²) in [6.07, 6.45) is 2.96. The van der Waals surface area contributed by atoms with E-state index in [-0.39, 0.29) is 11.7 Å². The van der Waals surface area contributed by atoms with Crippen LogP contribution in [0.15, 0.2) is 66.7 Å². The molecule has 3 aromatic carbocycles. The zero-order valence-corrected chi connectivity index (χ0v) is 22.2. The maximum atomic E-state index is 13.2. The van der Waals surface area contributed by atoms with Crippen molar-refractivity contribution in [1.29, 1.82) is 0 Å². The largest absolute Gasteiger partial charge is 0.497 e. The lowest BCUT2D eigenvalue weighted by atomic mass is 9.90. The van der Waals surface area contributed by atoms with Gasteiger partial charge in [0.15, 0.2) is 0 Å². The number of ether oxygens (including phenoxy) is 1. The first-order chi connectivity index (χ1) is 18.3. The van der Waals surface area contributed by atoms with Crippen molar-refractivity contribution in [3.05, 3.63) is 89.2 Å². The number of carbonyl (C=O) groups is 2. The summed E-state index contributed by atoms with van der Waals surface area (Å²) in [5, 5.41) is 5.78. The third kappa shape index (κ3) is 7.10. The minimum atomic E-state index is -0.396. The standard InChI is InChI=1S/C30H35FN4O3/c1-34(2)29(36)26-8-5-9-28(33-30(37)32-24-6-4-7-25(19-24)38-3)27(26)20-35-16-14-22(15-17-35)18-21-10-12-23(31)13-11-21/h4-13,19,22H,14-18,20H2,1-3H3,(H2,32,33,37). The second kappa shape index (κ2) is 12.6. The van der Waals surface area contributed by atoms with Gasteiger partial charge >= 0.3 is 6.03 Å². The average molecular weight is 519 g/mol. The SMILES string of the molecule is COc1cccc(NC(=O)Nc2cccc(C(=O)N(C)C)c2CN2CCC(Cc3ccc(F)cc3)CC2)c1. The van der Waals surface area contributed by atoms with Crippen LogP contribution in [-0.2, 0) is 13.0 Å². The lowest BCUT2D eigenvalue weighted by Gasteiger charge is -2.33. The summed E-state index contributed by atoms with van der Waals surface area (Å²) in [4.78, 5) is 29.8. The van der Waals surface area contributed by atoms with Crippen LogP contribution in [0, 0.1) is 11.7 Å². The topological polar surface area (TPSA) is 73.9 Å². The average Bonchev–Trinajstić information content (AvgIpc) is 2.91. The van der Waals surface area contributed by atoms with Gasteiger partial charge in [-0.15, -0.1) is 0 Å². The van der Waals surface area contributed by atoms with Crippen LogP contribution in [0.25, 0.3) is 0 Å². The van der Waals surface area contributed by atoms with Gasteiger partial charge in [-0.05, 0) is 80.2 Å². The van der Waals surface area contributed by atoms with Crippen molar-refractivity contribution >= 4 is 23.3 Å². The van der Waals surface area contributed by atoms with E-state index in [1.807, 2.05) is 24.3 Å². The molecule has 1 heterocycles. The van der Waals surface area contributed by atoms with E-state index >= 15 is 0 Å². The van der Waals surface area contributed by atoms with Gasteiger partial charge in [-0.25, -0.2) is 9.18 Å². The Morgan fingerprint density at radius 1 is 1.00 bits per heavy atom. The number of methoxy groups -OCH3 is 1. The van der Waals surface area contributed by atoms with E-state index in [4.69, 9.17) is 4.74 Å². The number of amides is 3. The minimum absolute atomic E-state index is 0.108. The Morgan fingerprint density at radius 2 is 1.71 bits per heavy atom. The molecule has 0 saturated carbocycles. The van der Waals surface area contributed by atoms with Crippen LogP contribution >= 0.6 is 0 Å². The van der Waals surface area contributed by atoms with Gasteiger partial charge in [-0.3, -0.25) is 9.69 Å². The van der Waals surface area contributed by atoms with Gasteiger partial charge < -0.3 is 20.3 Å². The Hall–Kier alpha value is -3.91. The van der Waals surface area contributed by atoms with Crippen LogP contribution in [0.3, 0.4) is 0 Å². The maximum absolute atomic E-state index is 13.2. The van der Waals surface area contributed by atoms with Crippen LogP contribution in [0.4, 0.5) is 20.6 Å². The van der Waals surface area contributed by atoms with Crippen LogP contribution < -0.4 is 15.4 Å². The van der Waals surface area contributed by atoms with Gasteiger partial charge in [0.25, 0.3) is 5.91 Å². The first-order valence-electron chi connectivity index (χ1n) is 12.8. The summed E-state index contributed by atoms with van der Waals surface area (Å²) in [7, 11) is 5.02. The summed E-state index contributed by atoms with van der Waals surface area (Å²) in [6, 6.07) is 18.9. The lowest BCUT2D eigenvalue weighted by molar-refractivity contribution is 0.0824. The van der Waals surface area contributed by atoms with Crippen LogP contribution in [0.1, 0.15) is 34.3 Å². The number of hydrogen-bond acceptors (Lipinski definition) is 4. The van der Waals surface area contributed by atoms with Crippen molar-refractivity contribution < 1.29 is 18.7 Å². The zero-order chi connectivity index (χ0) is 27.1. The highest BCUT2D eigenvalue weighted by atomic mass is 19.1. The van der Waals surface area contributed by atoms with E-state index in [2.05, 4.69) is 15.5 Å². The molecule has 0 bridgehead atoms. The van der Waals surface area contributed by atoms with Crippen molar-refractivity contribution in [3.63, 3.8) is 0 Å². The fourth-order valence-electron chi connectivity index (χ4n) is 4.83. The predicted octanol–water partition coefficient (Wildman–Crippen LogP) is 5.63. The Balaban J connectivity index is 1.46. The zero-order valence-electron chi connectivity index (χ0n) is 22.2. The van der Waals surface area contributed by atoms with Gasteiger partial charge in [-0.1, -0.05) is 24.3 Å². The minimum Gasteiger partial charge on any atom is -0.497 e. The number of nitrogens with zero attached hydrogens (tertiary/aromatic N) is 2. The third-order valence-electron chi connectivity index (χ3n) is 6.91. The molecule has 3 amide bonds. The summed E-state index contributed by atoms with van der Waals surface area (Å²) < 4.78 is 18.5. The van der Waals surface area contributed by atoms with E-state index in [0.717, 1.165) is 43.5 Å². The second-order valence-electron chi connectivity index (χ2n) is 9.89. The molecule has 1 fully saturated rings. The number of anilines is 2. The highest BCUT2D eigenvalue weighted by Crippen LogP contribution is 2.28. The molecule has 2 N–H and O–H groups in total.